The number of carboxylic acid groups (broad SMARTS) is 1. The van der Waals surface area contributed by atoms with Crippen molar-refractivity contribution in [3.8, 4) is 0 Å². The van der Waals surface area contributed by atoms with Crippen molar-refractivity contribution in [3.63, 3.8) is 0 Å². The molecule has 0 saturated carbocycles. The highest BCUT2D eigenvalue weighted by Gasteiger charge is 2.26. The fourth-order valence-electron chi connectivity index (χ4n) is 1.22. The molecule has 0 atom stereocenters. The zero-order valence-electron chi connectivity index (χ0n) is 8.73. The third-order valence-electron chi connectivity index (χ3n) is 2.01. The summed E-state index contributed by atoms with van der Waals surface area (Å²) in [5.41, 5.74) is -0.372. The van der Waals surface area contributed by atoms with Crippen LogP contribution in [0.4, 0.5) is 8.78 Å². The minimum absolute atomic E-state index is 0.587. The van der Waals surface area contributed by atoms with E-state index in [2.05, 4.69) is 0 Å². The quantitative estimate of drug-likeness (QED) is 0.865. The third-order valence-corrected chi connectivity index (χ3v) is 3.80. The summed E-state index contributed by atoms with van der Waals surface area (Å²) in [6, 6.07) is 1.26. The first-order chi connectivity index (χ1) is 8.31. The number of hydrogen-bond donors (Lipinski definition) is 1. The van der Waals surface area contributed by atoms with Gasteiger partial charge in [0.1, 0.15) is 16.3 Å². The summed E-state index contributed by atoms with van der Waals surface area (Å²) in [7, 11) is -4.10. The van der Waals surface area contributed by atoms with Crippen LogP contribution in [0.1, 0.15) is 10.4 Å². The van der Waals surface area contributed by atoms with Crippen LogP contribution in [-0.4, -0.2) is 25.2 Å². The van der Waals surface area contributed by atoms with Crippen LogP contribution in [0, 0.1) is 11.6 Å². The van der Waals surface area contributed by atoms with E-state index in [1.165, 1.54) is 0 Å². The largest absolute Gasteiger partial charge is 0.477 e. The number of carbonyl (C=O) groups is 1. The monoisotopic (exact) mass is 296 g/mol. The van der Waals surface area contributed by atoms with Crippen molar-refractivity contribution in [1.82, 2.24) is 0 Å². The van der Waals surface area contributed by atoms with E-state index in [9.17, 15) is 22.0 Å². The van der Waals surface area contributed by atoms with Crippen molar-refractivity contribution in [2.45, 2.75) is 4.90 Å². The van der Waals surface area contributed by atoms with Crippen LogP contribution in [0.25, 0.3) is 0 Å². The highest BCUT2D eigenvalue weighted by molar-refractivity contribution is 7.91. The molecular formula is C10H7ClF2O4S. The second kappa shape index (κ2) is 5.45. The van der Waals surface area contributed by atoms with Gasteiger partial charge in [-0.2, -0.15) is 0 Å². The number of hydrogen-bond acceptors (Lipinski definition) is 3. The molecule has 1 N–H and O–H groups in total. The molecule has 1 aromatic rings. The fraction of sp³-hybridized carbons (Fsp3) is 0.100. The van der Waals surface area contributed by atoms with Gasteiger partial charge in [-0.1, -0.05) is 17.7 Å². The molecule has 4 nitrogen and oxygen atoms in total. The lowest BCUT2D eigenvalue weighted by atomic mass is 10.2. The average Bonchev–Trinajstić information content (AvgIpc) is 2.25. The number of halogens is 3. The minimum Gasteiger partial charge on any atom is -0.477 e. The van der Waals surface area contributed by atoms with Gasteiger partial charge in [0, 0.05) is 5.54 Å². The zero-order valence-corrected chi connectivity index (χ0v) is 10.3. The Hall–Kier alpha value is -1.47. The lowest BCUT2D eigenvalue weighted by Crippen LogP contribution is -2.13. The standard InChI is InChI=1S/C10H7ClF2O4S/c11-4-1-5-18(16,17)7-3-2-6(12)8(9(7)13)10(14)15/h1-4H,5H2,(H,14,15)/b4-1+. The second-order valence-electron chi connectivity index (χ2n) is 3.18. The summed E-state index contributed by atoms with van der Waals surface area (Å²) < 4.78 is 50.0. The zero-order chi connectivity index (χ0) is 13.9. The van der Waals surface area contributed by atoms with Crippen LogP contribution in [0.15, 0.2) is 28.6 Å². The van der Waals surface area contributed by atoms with Crippen LogP contribution < -0.4 is 0 Å². The molecule has 1 aromatic carbocycles. The summed E-state index contributed by atoms with van der Waals surface area (Å²) in [5.74, 6) is -5.45. The predicted molar refractivity (Wildman–Crippen MR) is 60.4 cm³/mol. The van der Waals surface area contributed by atoms with Gasteiger partial charge in [0.2, 0.25) is 0 Å². The van der Waals surface area contributed by atoms with E-state index in [0.29, 0.717) is 12.1 Å². The molecule has 0 spiro atoms. The first-order valence-electron chi connectivity index (χ1n) is 4.50. The van der Waals surface area contributed by atoms with Crippen LogP contribution in [-0.2, 0) is 9.84 Å². The molecule has 0 heterocycles. The smallest absolute Gasteiger partial charge is 0.341 e. The normalized spacial score (nSPS) is 11.9. The second-order valence-corrected chi connectivity index (χ2v) is 5.44. The number of aromatic carboxylic acids is 1. The van der Waals surface area contributed by atoms with Gasteiger partial charge in [0.15, 0.2) is 15.7 Å². The average molecular weight is 297 g/mol. The first-order valence-corrected chi connectivity index (χ1v) is 6.59. The molecule has 0 aromatic heterocycles. The lowest BCUT2D eigenvalue weighted by Gasteiger charge is -2.06. The van der Waals surface area contributed by atoms with E-state index >= 15 is 0 Å². The van der Waals surface area contributed by atoms with Gasteiger partial charge >= 0.3 is 5.97 Å². The van der Waals surface area contributed by atoms with Crippen LogP contribution in [0.5, 0.6) is 0 Å². The molecule has 0 aliphatic carbocycles. The van der Waals surface area contributed by atoms with Gasteiger partial charge in [0.05, 0.1) is 5.75 Å². The molecule has 1 rings (SSSR count). The molecule has 98 valence electrons. The molecule has 0 saturated heterocycles. The number of rotatable bonds is 4. The van der Waals surface area contributed by atoms with E-state index in [0.717, 1.165) is 11.6 Å². The Morgan fingerprint density at radius 3 is 2.50 bits per heavy atom. The maximum Gasteiger partial charge on any atom is 0.341 e. The maximum atomic E-state index is 13.6. The van der Waals surface area contributed by atoms with E-state index in [4.69, 9.17) is 16.7 Å². The Labute approximate surface area is 106 Å². The topological polar surface area (TPSA) is 71.4 Å². The Bertz CT molecular complexity index is 611. The Balaban J connectivity index is 3.45. The molecule has 18 heavy (non-hydrogen) atoms. The van der Waals surface area contributed by atoms with Crippen LogP contribution >= 0.6 is 11.6 Å². The highest BCUT2D eigenvalue weighted by atomic mass is 35.5. The van der Waals surface area contributed by atoms with Crippen molar-refractivity contribution < 1.29 is 27.1 Å². The fourth-order valence-corrected chi connectivity index (χ4v) is 2.60. The molecule has 0 aliphatic heterocycles. The summed E-state index contributed by atoms with van der Waals surface area (Å²) in [6.45, 7) is 0. The number of benzene rings is 1. The Kier molecular flexibility index (Phi) is 4.42. The molecule has 8 heteroatoms. The van der Waals surface area contributed by atoms with Crippen LogP contribution in [0.2, 0.25) is 0 Å². The van der Waals surface area contributed by atoms with Gasteiger partial charge in [0.25, 0.3) is 0 Å². The lowest BCUT2D eigenvalue weighted by molar-refractivity contribution is 0.0685. The van der Waals surface area contributed by atoms with Crippen molar-refractivity contribution in [1.29, 1.82) is 0 Å². The number of carboxylic acids is 1. The summed E-state index contributed by atoms with van der Waals surface area (Å²) in [4.78, 5) is 9.75. The van der Waals surface area contributed by atoms with Gasteiger partial charge < -0.3 is 5.11 Å². The van der Waals surface area contributed by atoms with E-state index in [1.54, 1.807) is 0 Å². The third kappa shape index (κ3) is 2.85. The molecule has 0 unspecified atom stereocenters. The van der Waals surface area contributed by atoms with E-state index in [1.807, 2.05) is 0 Å². The molecule has 0 bridgehead atoms. The van der Waals surface area contributed by atoms with Crippen molar-refractivity contribution in [2.24, 2.45) is 0 Å². The predicted octanol–water partition coefficient (Wildman–Crippen LogP) is 2.19. The summed E-state index contributed by atoms with van der Waals surface area (Å²) >= 11 is 5.15. The SMILES string of the molecule is O=C(O)c1c(F)ccc(S(=O)(=O)C/C=C/Cl)c1F. The van der Waals surface area contributed by atoms with Crippen LogP contribution in [0.3, 0.4) is 0 Å². The van der Waals surface area contributed by atoms with Gasteiger partial charge in [-0.05, 0) is 12.1 Å². The van der Waals surface area contributed by atoms with Gasteiger partial charge in [-0.3, -0.25) is 0 Å². The van der Waals surface area contributed by atoms with Gasteiger partial charge in [-0.25, -0.2) is 22.0 Å². The molecule has 0 radical (unpaired) electrons. The minimum atomic E-state index is -4.10. The molecule has 0 fully saturated rings. The molecule has 0 amide bonds. The Morgan fingerprint density at radius 1 is 1.39 bits per heavy atom. The van der Waals surface area contributed by atoms with E-state index in [-0.39, 0.29) is 0 Å². The highest BCUT2D eigenvalue weighted by Crippen LogP contribution is 2.22. The molecule has 0 aliphatic rings. The maximum absolute atomic E-state index is 13.6. The summed E-state index contributed by atoms with van der Waals surface area (Å²) in [5, 5.41) is 8.60. The van der Waals surface area contributed by atoms with Crippen molar-refractivity contribution in [3.05, 3.63) is 40.9 Å². The van der Waals surface area contributed by atoms with E-state index < -0.39 is 43.7 Å². The Morgan fingerprint density at radius 2 is 2.00 bits per heavy atom. The number of sulfone groups is 1. The molecular weight excluding hydrogens is 290 g/mol. The first kappa shape index (κ1) is 14.6. The summed E-state index contributed by atoms with van der Waals surface area (Å²) in [6.07, 6.45) is 1.04. The van der Waals surface area contributed by atoms with Crippen molar-refractivity contribution in [2.75, 3.05) is 5.75 Å². The van der Waals surface area contributed by atoms with Crippen molar-refractivity contribution >= 4 is 27.4 Å². The van der Waals surface area contributed by atoms with Gasteiger partial charge in [-0.15, -0.1) is 0 Å².